The molecule has 0 spiro atoms. The molecule has 1 unspecified atom stereocenters. The van der Waals surface area contributed by atoms with Gasteiger partial charge < -0.3 is 4.57 Å². The summed E-state index contributed by atoms with van der Waals surface area (Å²) >= 11 is 0. The van der Waals surface area contributed by atoms with E-state index in [0.29, 0.717) is 11.5 Å². The summed E-state index contributed by atoms with van der Waals surface area (Å²) < 4.78 is 2.34. The van der Waals surface area contributed by atoms with Crippen molar-refractivity contribution in [1.29, 1.82) is 5.26 Å². The largest absolute Gasteiger partial charge is 0.309 e. The van der Waals surface area contributed by atoms with Crippen molar-refractivity contribution in [2.45, 2.75) is 13.3 Å². The fraction of sp³-hybridized carbons (Fsp3) is 0.0588. The van der Waals surface area contributed by atoms with Crippen LogP contribution in [0.15, 0.2) is 164 Å². The van der Waals surface area contributed by atoms with Crippen LogP contribution in [-0.2, 0) is 0 Å². The number of benzene rings is 8. The first-order valence-electron chi connectivity index (χ1n) is 18.6. The van der Waals surface area contributed by atoms with Gasteiger partial charge in [0.25, 0.3) is 0 Å². The van der Waals surface area contributed by atoms with Crippen LogP contribution in [0.25, 0.3) is 82.1 Å². The van der Waals surface area contributed by atoms with E-state index in [1.807, 2.05) is 30.6 Å². The number of nitriles is 1. The first-order valence-corrected chi connectivity index (χ1v) is 18.6. The zero-order valence-electron chi connectivity index (χ0n) is 29.7. The number of hydrogen-bond acceptors (Lipinski definition) is 2. The molecule has 0 fully saturated rings. The van der Waals surface area contributed by atoms with Gasteiger partial charge in [0.05, 0.1) is 22.7 Å². The van der Waals surface area contributed by atoms with E-state index in [1.54, 1.807) is 0 Å². The van der Waals surface area contributed by atoms with Crippen LogP contribution in [0.4, 0.5) is 0 Å². The molecule has 1 atom stereocenters. The lowest BCUT2D eigenvalue weighted by Gasteiger charge is -2.25. The van der Waals surface area contributed by atoms with Gasteiger partial charge in [-0.15, -0.1) is 0 Å². The number of hydrogen-bond donors (Lipinski definition) is 0. The fourth-order valence-electron chi connectivity index (χ4n) is 9.31. The van der Waals surface area contributed by atoms with E-state index < -0.39 is 0 Å². The van der Waals surface area contributed by atoms with Crippen LogP contribution in [0.3, 0.4) is 0 Å². The van der Waals surface area contributed by atoms with Gasteiger partial charge >= 0.3 is 0 Å². The van der Waals surface area contributed by atoms with Gasteiger partial charge in [0.2, 0.25) is 0 Å². The topological polar surface area (TPSA) is 41.6 Å². The van der Waals surface area contributed by atoms with Crippen LogP contribution in [0.5, 0.6) is 0 Å². The van der Waals surface area contributed by atoms with Gasteiger partial charge in [0.15, 0.2) is 0 Å². The summed E-state index contributed by atoms with van der Waals surface area (Å²) in [4.78, 5) is 4.37. The van der Waals surface area contributed by atoms with Crippen LogP contribution in [0.1, 0.15) is 30.0 Å². The van der Waals surface area contributed by atoms with E-state index in [1.165, 1.54) is 70.6 Å². The second-order valence-electron chi connectivity index (χ2n) is 14.8. The predicted molar refractivity (Wildman–Crippen MR) is 223 cm³/mol. The van der Waals surface area contributed by atoms with Crippen molar-refractivity contribution < 1.29 is 0 Å². The Hall–Kier alpha value is -7.02. The molecule has 0 saturated heterocycles. The lowest BCUT2D eigenvalue weighted by atomic mass is 9.79. The van der Waals surface area contributed by atoms with Gasteiger partial charge in [0, 0.05) is 34.4 Å². The van der Waals surface area contributed by atoms with Crippen LogP contribution >= 0.6 is 0 Å². The Morgan fingerprint density at radius 3 is 1.94 bits per heavy atom. The summed E-state index contributed by atoms with van der Waals surface area (Å²) in [5, 5.41) is 22.3. The summed E-state index contributed by atoms with van der Waals surface area (Å²) in [6, 6.07) is 57.6. The number of rotatable bonds is 4. The minimum atomic E-state index is 0.305. The lowest BCUT2D eigenvalue weighted by molar-refractivity contribution is 0.761. The minimum Gasteiger partial charge on any atom is -0.309 e. The molecule has 0 N–H and O–H groups in total. The highest BCUT2D eigenvalue weighted by Crippen LogP contribution is 2.41. The summed E-state index contributed by atoms with van der Waals surface area (Å²) in [7, 11) is 0. The molecule has 1 aliphatic carbocycles. The number of aromatic nitrogens is 2. The Balaban J connectivity index is 1.12. The number of para-hydroxylation sites is 1. The molecular formula is C51H33N3. The third kappa shape index (κ3) is 4.57. The molecular weight excluding hydrogens is 655 g/mol. The average Bonchev–Trinajstić information content (AvgIpc) is 3.55. The SMILES string of the molecule is CC1CC(c2ccc3c4cc(C#N)ccc4n(-c4ccccc4)c3c2)=c2ccccc2=C1c1cc2ccc3cc(-c4cccnc4)cc4ccc(c1)c2c34. The molecule has 54 heavy (non-hydrogen) atoms. The molecule has 0 radical (unpaired) electrons. The zero-order valence-corrected chi connectivity index (χ0v) is 29.7. The highest BCUT2D eigenvalue weighted by molar-refractivity contribution is 6.24. The molecule has 2 heterocycles. The average molecular weight is 688 g/mol. The van der Waals surface area contributed by atoms with Gasteiger partial charge in [-0.1, -0.05) is 91.9 Å². The van der Waals surface area contributed by atoms with E-state index >= 15 is 0 Å². The normalized spacial score (nSPS) is 14.4. The van der Waals surface area contributed by atoms with Crippen LogP contribution < -0.4 is 10.4 Å². The highest BCUT2D eigenvalue weighted by atomic mass is 15.0. The van der Waals surface area contributed by atoms with Gasteiger partial charge in [0.1, 0.15) is 0 Å². The first-order chi connectivity index (χ1) is 26.6. The lowest BCUT2D eigenvalue weighted by Crippen LogP contribution is -2.35. The molecule has 1 aliphatic rings. The number of nitrogens with zero attached hydrogens (tertiary/aromatic N) is 3. The van der Waals surface area contributed by atoms with Crippen LogP contribution in [0, 0.1) is 17.2 Å². The maximum atomic E-state index is 9.73. The molecule has 2 aromatic heterocycles. The van der Waals surface area contributed by atoms with Crippen molar-refractivity contribution in [2.75, 3.05) is 0 Å². The second kappa shape index (κ2) is 11.7. The molecule has 0 saturated carbocycles. The molecule has 0 bridgehead atoms. The fourth-order valence-corrected chi connectivity index (χ4v) is 9.31. The molecule has 8 aromatic carbocycles. The van der Waals surface area contributed by atoms with E-state index in [0.717, 1.165) is 39.5 Å². The maximum absolute atomic E-state index is 9.73. The zero-order chi connectivity index (χ0) is 35.9. The molecule has 0 aliphatic heterocycles. The molecule has 10 aromatic rings. The molecule has 0 amide bonds. The standard InChI is InChI=1S/C51H33N3/c1-31-22-45(33-18-19-43-46-23-32(29-52)13-20-47(46)54(48(43)28-33)41-9-3-2-4-10-41)42-11-5-6-12-44(42)49(31)40-26-36-16-14-34-24-39(38-8-7-21-53-30-38)25-35-15-17-37(27-40)51(36)50(34)35/h2-21,23-28,30-31H,22H2,1H3. The van der Waals surface area contributed by atoms with Crippen molar-refractivity contribution in [2.24, 2.45) is 5.92 Å². The summed E-state index contributed by atoms with van der Waals surface area (Å²) in [5.74, 6) is 0.305. The van der Waals surface area contributed by atoms with Crippen molar-refractivity contribution in [3.05, 3.63) is 191 Å². The third-order valence-electron chi connectivity index (χ3n) is 11.6. The van der Waals surface area contributed by atoms with Crippen molar-refractivity contribution in [3.63, 3.8) is 0 Å². The number of fused-ring (bicyclic) bond motifs is 4. The first kappa shape index (κ1) is 30.6. The Morgan fingerprint density at radius 1 is 0.574 bits per heavy atom. The van der Waals surface area contributed by atoms with Crippen molar-refractivity contribution in [1.82, 2.24) is 9.55 Å². The molecule has 3 nitrogen and oxygen atoms in total. The third-order valence-corrected chi connectivity index (χ3v) is 11.6. The van der Waals surface area contributed by atoms with Gasteiger partial charge in [-0.2, -0.15) is 5.26 Å². The summed E-state index contributed by atoms with van der Waals surface area (Å²) in [5.41, 5.74) is 11.7. The maximum Gasteiger partial charge on any atom is 0.0991 e. The Labute approximate surface area is 312 Å². The van der Waals surface area contributed by atoms with E-state index in [-0.39, 0.29) is 0 Å². The highest BCUT2D eigenvalue weighted by Gasteiger charge is 2.23. The van der Waals surface area contributed by atoms with E-state index in [9.17, 15) is 5.26 Å². The number of pyridine rings is 1. The monoisotopic (exact) mass is 687 g/mol. The van der Waals surface area contributed by atoms with Gasteiger partial charge in [-0.25, -0.2) is 0 Å². The van der Waals surface area contributed by atoms with Crippen LogP contribution in [-0.4, -0.2) is 9.55 Å². The molecule has 252 valence electrons. The predicted octanol–water partition coefficient (Wildman–Crippen LogP) is 11.1. The van der Waals surface area contributed by atoms with Gasteiger partial charge in [-0.3, -0.25) is 4.98 Å². The summed E-state index contributed by atoms with van der Waals surface area (Å²) in [6.45, 7) is 2.39. The Morgan fingerprint density at radius 2 is 1.26 bits per heavy atom. The molecule has 11 rings (SSSR count). The quantitative estimate of drug-likeness (QED) is 0.173. The minimum absolute atomic E-state index is 0.305. The van der Waals surface area contributed by atoms with E-state index in [4.69, 9.17) is 0 Å². The summed E-state index contributed by atoms with van der Waals surface area (Å²) in [6.07, 6.45) is 4.70. The van der Waals surface area contributed by atoms with Gasteiger partial charge in [-0.05, 0) is 150 Å². The second-order valence-corrected chi connectivity index (χ2v) is 14.8. The Bertz CT molecular complexity index is 3240. The van der Waals surface area contributed by atoms with E-state index in [2.05, 4.69) is 156 Å². The van der Waals surface area contributed by atoms with Crippen LogP contribution in [0.2, 0.25) is 0 Å². The van der Waals surface area contributed by atoms with Crippen molar-refractivity contribution >= 4 is 65.3 Å². The van der Waals surface area contributed by atoms with Crippen molar-refractivity contribution in [3.8, 4) is 22.9 Å². The smallest absolute Gasteiger partial charge is 0.0991 e. The molecule has 3 heteroatoms. The Kier molecular flexibility index (Phi) is 6.66.